The lowest BCUT2D eigenvalue weighted by molar-refractivity contribution is -0.138. The number of anilines is 1. The molecular weight excluding hydrogens is 271 g/mol. The Hall–Kier alpha value is -1.50. The summed E-state index contributed by atoms with van der Waals surface area (Å²) in [5, 5.41) is 2.69. The van der Waals surface area contributed by atoms with Crippen molar-refractivity contribution in [3.8, 4) is 0 Å². The predicted octanol–water partition coefficient (Wildman–Crippen LogP) is 2.41. The Morgan fingerprint density at radius 1 is 1.50 bits per heavy atom. The maximum Gasteiger partial charge on any atom is 0.406 e. The third-order valence-electron chi connectivity index (χ3n) is 2.06. The second-order valence-electron chi connectivity index (χ2n) is 3.59. The number of amides is 1. The van der Waals surface area contributed by atoms with E-state index in [4.69, 9.17) is 11.6 Å². The molecule has 0 saturated heterocycles. The van der Waals surface area contributed by atoms with Crippen LogP contribution in [0.4, 0.5) is 19.0 Å². The first kappa shape index (κ1) is 14.6. The van der Waals surface area contributed by atoms with E-state index in [1.54, 1.807) is 7.05 Å². The van der Waals surface area contributed by atoms with Crippen LogP contribution < -0.4 is 5.32 Å². The number of nitrogens with zero attached hydrogens (tertiary/aromatic N) is 2. The van der Waals surface area contributed by atoms with Gasteiger partial charge >= 0.3 is 6.18 Å². The summed E-state index contributed by atoms with van der Waals surface area (Å²) in [7, 11) is 2.63. The van der Waals surface area contributed by atoms with E-state index in [0.29, 0.717) is 10.7 Å². The van der Waals surface area contributed by atoms with Crippen LogP contribution in [0.15, 0.2) is 12.1 Å². The standard InChI is InChI=1S/C10H11ClF3N3O/c1-15-8-4-6(3-7(11)16-8)9(18)17(2)5-10(12,13)14/h3-4H,5H2,1-2H3,(H,15,16). The van der Waals surface area contributed by atoms with Crippen molar-refractivity contribution in [2.75, 3.05) is 26.0 Å². The summed E-state index contributed by atoms with van der Waals surface area (Å²) in [4.78, 5) is 16.2. The van der Waals surface area contributed by atoms with Crippen LogP contribution in [0.3, 0.4) is 0 Å². The van der Waals surface area contributed by atoms with Gasteiger partial charge in [-0.1, -0.05) is 11.6 Å². The summed E-state index contributed by atoms with van der Waals surface area (Å²) in [5.41, 5.74) is 0.0473. The molecule has 0 spiro atoms. The molecule has 100 valence electrons. The quantitative estimate of drug-likeness (QED) is 0.866. The van der Waals surface area contributed by atoms with Crippen LogP contribution in [0.1, 0.15) is 10.4 Å². The molecule has 0 aromatic carbocycles. The highest BCUT2D eigenvalue weighted by Gasteiger charge is 2.31. The van der Waals surface area contributed by atoms with E-state index in [1.165, 1.54) is 12.1 Å². The van der Waals surface area contributed by atoms with Crippen LogP contribution >= 0.6 is 11.6 Å². The molecule has 0 aliphatic heterocycles. The fourth-order valence-electron chi connectivity index (χ4n) is 1.31. The molecule has 0 bridgehead atoms. The molecule has 0 aliphatic carbocycles. The van der Waals surface area contributed by atoms with Crippen molar-refractivity contribution >= 4 is 23.3 Å². The largest absolute Gasteiger partial charge is 0.406 e. The predicted molar refractivity (Wildman–Crippen MR) is 61.8 cm³/mol. The number of carbonyl (C=O) groups excluding carboxylic acids is 1. The molecule has 1 aromatic rings. The maximum absolute atomic E-state index is 12.2. The Morgan fingerprint density at radius 2 is 2.11 bits per heavy atom. The van der Waals surface area contributed by atoms with E-state index in [-0.39, 0.29) is 10.7 Å². The molecule has 1 amide bonds. The van der Waals surface area contributed by atoms with Crippen molar-refractivity contribution in [2.45, 2.75) is 6.18 Å². The van der Waals surface area contributed by atoms with Crippen molar-refractivity contribution < 1.29 is 18.0 Å². The minimum atomic E-state index is -4.44. The van der Waals surface area contributed by atoms with Crippen molar-refractivity contribution in [3.05, 3.63) is 22.8 Å². The van der Waals surface area contributed by atoms with Crippen LogP contribution in [-0.4, -0.2) is 42.6 Å². The van der Waals surface area contributed by atoms with Gasteiger partial charge in [-0.15, -0.1) is 0 Å². The Labute approximate surface area is 107 Å². The molecule has 0 radical (unpaired) electrons. The molecule has 1 aromatic heterocycles. The van der Waals surface area contributed by atoms with E-state index in [0.717, 1.165) is 7.05 Å². The lowest BCUT2D eigenvalue weighted by Gasteiger charge is -2.19. The summed E-state index contributed by atoms with van der Waals surface area (Å²) >= 11 is 5.67. The molecule has 0 aliphatic rings. The third kappa shape index (κ3) is 4.06. The molecule has 1 rings (SSSR count). The van der Waals surface area contributed by atoms with Gasteiger partial charge in [0.05, 0.1) is 0 Å². The van der Waals surface area contributed by atoms with Crippen LogP contribution in [0, 0.1) is 0 Å². The number of alkyl halides is 3. The monoisotopic (exact) mass is 281 g/mol. The highest BCUT2D eigenvalue weighted by Crippen LogP contribution is 2.19. The van der Waals surface area contributed by atoms with Crippen LogP contribution in [-0.2, 0) is 0 Å². The average molecular weight is 282 g/mol. The summed E-state index contributed by atoms with van der Waals surface area (Å²) in [6, 6.07) is 2.55. The van der Waals surface area contributed by atoms with Gasteiger partial charge in [0.25, 0.3) is 5.91 Å². The van der Waals surface area contributed by atoms with Crippen LogP contribution in [0.25, 0.3) is 0 Å². The smallest absolute Gasteiger partial charge is 0.373 e. The molecule has 1 heterocycles. The van der Waals surface area contributed by atoms with Gasteiger partial charge in [0, 0.05) is 19.7 Å². The highest BCUT2D eigenvalue weighted by molar-refractivity contribution is 6.29. The SMILES string of the molecule is CNc1cc(C(=O)N(C)CC(F)(F)F)cc(Cl)n1. The zero-order valence-corrected chi connectivity index (χ0v) is 10.4. The fraction of sp³-hybridized carbons (Fsp3) is 0.400. The zero-order chi connectivity index (χ0) is 13.9. The first-order valence-electron chi connectivity index (χ1n) is 4.90. The van der Waals surface area contributed by atoms with Gasteiger partial charge in [-0.25, -0.2) is 4.98 Å². The molecule has 0 atom stereocenters. The maximum atomic E-state index is 12.2. The second-order valence-corrected chi connectivity index (χ2v) is 3.98. The van der Waals surface area contributed by atoms with E-state index < -0.39 is 18.6 Å². The minimum absolute atomic E-state index is 0.0330. The van der Waals surface area contributed by atoms with Crippen LogP contribution in [0.2, 0.25) is 5.15 Å². The minimum Gasteiger partial charge on any atom is -0.373 e. The molecule has 8 heteroatoms. The lowest BCUT2D eigenvalue weighted by atomic mass is 10.2. The molecule has 1 N–H and O–H groups in total. The lowest BCUT2D eigenvalue weighted by Crippen LogP contribution is -2.35. The first-order chi connectivity index (χ1) is 8.23. The fourth-order valence-corrected chi connectivity index (χ4v) is 1.52. The zero-order valence-electron chi connectivity index (χ0n) is 9.68. The third-order valence-corrected chi connectivity index (χ3v) is 2.25. The number of halogens is 4. The van der Waals surface area contributed by atoms with Crippen molar-refractivity contribution in [3.63, 3.8) is 0 Å². The Morgan fingerprint density at radius 3 is 2.61 bits per heavy atom. The second kappa shape index (κ2) is 5.43. The molecule has 0 saturated carbocycles. The van der Waals surface area contributed by atoms with Gasteiger partial charge in [-0.2, -0.15) is 13.2 Å². The van der Waals surface area contributed by atoms with Gasteiger partial charge in [0.15, 0.2) is 0 Å². The highest BCUT2D eigenvalue weighted by atomic mass is 35.5. The molecule has 0 fully saturated rings. The van der Waals surface area contributed by atoms with Gasteiger partial charge in [-0.05, 0) is 12.1 Å². The summed E-state index contributed by atoms with van der Waals surface area (Å²) in [5.74, 6) is -0.459. The summed E-state index contributed by atoms with van der Waals surface area (Å²) < 4.78 is 36.5. The molecule has 18 heavy (non-hydrogen) atoms. The molecular formula is C10H11ClF3N3O. The van der Waals surface area contributed by atoms with Crippen molar-refractivity contribution in [1.29, 1.82) is 0 Å². The summed E-state index contributed by atoms with van der Waals surface area (Å²) in [6.45, 7) is -1.32. The van der Waals surface area contributed by atoms with Gasteiger partial charge < -0.3 is 10.2 Å². The normalized spacial score (nSPS) is 11.2. The van der Waals surface area contributed by atoms with E-state index in [2.05, 4.69) is 10.3 Å². The van der Waals surface area contributed by atoms with Crippen LogP contribution in [0.5, 0.6) is 0 Å². The first-order valence-corrected chi connectivity index (χ1v) is 5.28. The van der Waals surface area contributed by atoms with Gasteiger partial charge in [0.2, 0.25) is 0 Å². The number of nitrogens with one attached hydrogen (secondary N) is 1. The van der Waals surface area contributed by atoms with Crippen molar-refractivity contribution in [2.24, 2.45) is 0 Å². The Bertz CT molecular complexity index is 450. The van der Waals surface area contributed by atoms with Crippen molar-refractivity contribution in [1.82, 2.24) is 9.88 Å². The molecule has 0 unspecified atom stereocenters. The number of aromatic nitrogens is 1. The van der Waals surface area contributed by atoms with Gasteiger partial charge in [0.1, 0.15) is 17.5 Å². The number of pyridine rings is 1. The number of hydrogen-bond donors (Lipinski definition) is 1. The van der Waals surface area contributed by atoms with E-state index in [9.17, 15) is 18.0 Å². The summed E-state index contributed by atoms with van der Waals surface area (Å²) in [6.07, 6.45) is -4.44. The Kier molecular flexibility index (Phi) is 4.39. The van der Waals surface area contributed by atoms with Gasteiger partial charge in [-0.3, -0.25) is 4.79 Å². The van der Waals surface area contributed by atoms with E-state index >= 15 is 0 Å². The van der Waals surface area contributed by atoms with E-state index in [1.807, 2.05) is 0 Å². The molecule has 4 nitrogen and oxygen atoms in total. The Balaban J connectivity index is 2.93. The average Bonchev–Trinajstić information content (AvgIpc) is 2.24. The number of rotatable bonds is 3. The topological polar surface area (TPSA) is 45.2 Å². The number of carbonyl (C=O) groups is 1. The number of hydrogen-bond acceptors (Lipinski definition) is 3.